The summed E-state index contributed by atoms with van der Waals surface area (Å²) in [6.45, 7) is 2.15. The third kappa shape index (κ3) is 2.29. The number of nitrogens with zero attached hydrogens (tertiary/aromatic N) is 1. The lowest BCUT2D eigenvalue weighted by Gasteiger charge is -1.98. The maximum Gasteiger partial charge on any atom is 0.138 e. The Labute approximate surface area is 113 Å². The van der Waals surface area contributed by atoms with E-state index in [0.717, 1.165) is 29.1 Å². The van der Waals surface area contributed by atoms with Crippen molar-refractivity contribution in [3.05, 3.63) is 66.4 Å². The number of aromatic amines is 1. The van der Waals surface area contributed by atoms with Gasteiger partial charge in [-0.1, -0.05) is 67.6 Å². The van der Waals surface area contributed by atoms with Gasteiger partial charge in [0.2, 0.25) is 0 Å². The normalized spacial score (nSPS) is 10.6. The summed E-state index contributed by atoms with van der Waals surface area (Å²) in [7, 11) is 0. The second-order valence-electron chi connectivity index (χ2n) is 4.50. The fraction of sp³-hybridized carbons (Fsp3) is 0.118. The maximum absolute atomic E-state index is 4.77. The molecule has 2 nitrogen and oxygen atoms in total. The topological polar surface area (TPSA) is 28.7 Å². The highest BCUT2D eigenvalue weighted by Gasteiger charge is 2.11. The van der Waals surface area contributed by atoms with Crippen molar-refractivity contribution in [2.45, 2.75) is 13.3 Å². The molecule has 0 saturated carbocycles. The van der Waals surface area contributed by atoms with Crippen molar-refractivity contribution in [3.8, 4) is 22.6 Å². The molecule has 0 aliphatic rings. The molecule has 19 heavy (non-hydrogen) atoms. The van der Waals surface area contributed by atoms with Crippen molar-refractivity contribution in [1.82, 2.24) is 9.97 Å². The fourth-order valence-electron chi connectivity index (χ4n) is 2.23. The number of H-pyrrole nitrogens is 1. The molecular formula is C17H16N2. The molecule has 2 aromatic carbocycles. The molecule has 0 spiro atoms. The number of imidazole rings is 1. The van der Waals surface area contributed by atoms with Gasteiger partial charge in [-0.2, -0.15) is 0 Å². The van der Waals surface area contributed by atoms with E-state index in [0.29, 0.717) is 0 Å². The second-order valence-corrected chi connectivity index (χ2v) is 4.50. The molecule has 1 heterocycles. The summed E-state index contributed by atoms with van der Waals surface area (Å²) < 4.78 is 0. The molecule has 3 aromatic rings. The Morgan fingerprint density at radius 1 is 0.842 bits per heavy atom. The van der Waals surface area contributed by atoms with Gasteiger partial charge in [-0.05, 0) is 6.42 Å². The van der Waals surface area contributed by atoms with Crippen LogP contribution >= 0.6 is 0 Å². The number of hydrogen-bond donors (Lipinski definition) is 1. The third-order valence-electron chi connectivity index (χ3n) is 3.23. The van der Waals surface area contributed by atoms with Crippen LogP contribution in [0, 0.1) is 0 Å². The Morgan fingerprint density at radius 2 is 1.42 bits per heavy atom. The summed E-state index contributed by atoms with van der Waals surface area (Å²) >= 11 is 0. The number of benzene rings is 2. The van der Waals surface area contributed by atoms with Crippen molar-refractivity contribution in [3.63, 3.8) is 0 Å². The van der Waals surface area contributed by atoms with Crippen LogP contribution in [0.25, 0.3) is 22.6 Å². The van der Waals surface area contributed by atoms with Gasteiger partial charge < -0.3 is 4.98 Å². The lowest BCUT2D eigenvalue weighted by atomic mass is 10.1. The Balaban J connectivity index is 2.09. The zero-order valence-electron chi connectivity index (χ0n) is 10.9. The quantitative estimate of drug-likeness (QED) is 0.735. The molecule has 0 fully saturated rings. The molecule has 0 unspecified atom stereocenters. The smallest absolute Gasteiger partial charge is 0.138 e. The third-order valence-corrected chi connectivity index (χ3v) is 3.23. The molecule has 0 radical (unpaired) electrons. The summed E-state index contributed by atoms with van der Waals surface area (Å²) in [4.78, 5) is 8.20. The van der Waals surface area contributed by atoms with Crippen molar-refractivity contribution >= 4 is 0 Å². The Hall–Kier alpha value is -2.35. The molecule has 0 atom stereocenters. The van der Waals surface area contributed by atoms with Crippen LogP contribution in [0.4, 0.5) is 0 Å². The summed E-state index contributed by atoms with van der Waals surface area (Å²) in [5, 5.41) is 0. The van der Waals surface area contributed by atoms with Crippen LogP contribution in [0.3, 0.4) is 0 Å². The Kier molecular flexibility index (Phi) is 3.15. The van der Waals surface area contributed by atoms with Crippen LogP contribution in [0.15, 0.2) is 60.7 Å². The maximum atomic E-state index is 4.77. The molecule has 2 heteroatoms. The lowest BCUT2D eigenvalue weighted by molar-refractivity contribution is 1.07. The van der Waals surface area contributed by atoms with Gasteiger partial charge in [-0.3, -0.25) is 0 Å². The van der Waals surface area contributed by atoms with E-state index in [4.69, 9.17) is 4.98 Å². The first-order valence-corrected chi connectivity index (χ1v) is 6.58. The van der Waals surface area contributed by atoms with Gasteiger partial charge in [0.15, 0.2) is 0 Å². The molecular weight excluding hydrogens is 232 g/mol. The molecule has 0 aliphatic carbocycles. The molecule has 0 saturated heterocycles. The predicted octanol–water partition coefficient (Wildman–Crippen LogP) is 4.31. The van der Waals surface area contributed by atoms with Crippen LogP contribution in [0.1, 0.15) is 12.6 Å². The van der Waals surface area contributed by atoms with Crippen molar-refractivity contribution in [2.75, 3.05) is 0 Å². The van der Waals surface area contributed by atoms with Crippen molar-refractivity contribution < 1.29 is 0 Å². The van der Waals surface area contributed by atoms with Crippen molar-refractivity contribution in [1.29, 1.82) is 0 Å². The van der Waals surface area contributed by atoms with Crippen LogP contribution in [0.2, 0.25) is 0 Å². The minimum absolute atomic E-state index is 0.941. The average molecular weight is 248 g/mol. The summed E-state index contributed by atoms with van der Waals surface area (Å²) in [6, 6.07) is 20.6. The lowest BCUT2D eigenvalue weighted by Crippen LogP contribution is -1.85. The second kappa shape index (κ2) is 5.11. The number of hydrogen-bond acceptors (Lipinski definition) is 1. The van der Waals surface area contributed by atoms with E-state index in [9.17, 15) is 0 Å². The largest absolute Gasteiger partial charge is 0.341 e. The number of aryl methyl sites for hydroxylation is 1. The van der Waals surface area contributed by atoms with Gasteiger partial charge in [-0.15, -0.1) is 0 Å². The molecule has 3 rings (SSSR count). The molecule has 1 aromatic heterocycles. The average Bonchev–Trinajstić information content (AvgIpc) is 2.93. The molecule has 0 bridgehead atoms. The highest BCUT2D eigenvalue weighted by atomic mass is 14.9. The predicted molar refractivity (Wildman–Crippen MR) is 78.8 cm³/mol. The van der Waals surface area contributed by atoms with Gasteiger partial charge in [0.1, 0.15) is 5.82 Å². The van der Waals surface area contributed by atoms with E-state index >= 15 is 0 Å². The zero-order chi connectivity index (χ0) is 13.1. The molecule has 0 amide bonds. The highest BCUT2D eigenvalue weighted by Crippen LogP contribution is 2.26. The van der Waals surface area contributed by atoms with E-state index in [2.05, 4.69) is 36.2 Å². The standard InChI is InChI=1S/C17H16N2/c1-2-15-16(13-9-5-3-6-10-13)19-17(18-15)14-11-7-4-8-12-14/h3-12H,2H2,1H3,(H,18,19). The Bertz CT molecular complexity index is 654. The van der Waals surface area contributed by atoms with Crippen LogP contribution in [0.5, 0.6) is 0 Å². The number of rotatable bonds is 3. The SMILES string of the molecule is CCc1[nH]c(-c2ccccc2)nc1-c1ccccc1. The summed E-state index contributed by atoms with van der Waals surface area (Å²) in [6.07, 6.45) is 0.948. The van der Waals surface area contributed by atoms with E-state index in [1.54, 1.807) is 0 Å². The summed E-state index contributed by atoms with van der Waals surface area (Å²) in [5.41, 5.74) is 4.53. The minimum atomic E-state index is 0.941. The first-order valence-electron chi connectivity index (χ1n) is 6.58. The Morgan fingerprint density at radius 3 is 2.00 bits per heavy atom. The van der Waals surface area contributed by atoms with Crippen LogP contribution in [-0.4, -0.2) is 9.97 Å². The van der Waals surface area contributed by atoms with Crippen LogP contribution < -0.4 is 0 Å². The zero-order valence-corrected chi connectivity index (χ0v) is 10.9. The van der Waals surface area contributed by atoms with E-state index in [-0.39, 0.29) is 0 Å². The first kappa shape index (κ1) is 11.7. The molecule has 1 N–H and O–H groups in total. The monoisotopic (exact) mass is 248 g/mol. The highest BCUT2D eigenvalue weighted by molar-refractivity contribution is 5.67. The van der Waals surface area contributed by atoms with Gasteiger partial charge in [-0.25, -0.2) is 4.98 Å². The van der Waals surface area contributed by atoms with Crippen molar-refractivity contribution in [2.24, 2.45) is 0 Å². The van der Waals surface area contributed by atoms with Gasteiger partial charge in [0.05, 0.1) is 5.69 Å². The van der Waals surface area contributed by atoms with E-state index in [1.807, 2.05) is 36.4 Å². The van der Waals surface area contributed by atoms with Gasteiger partial charge in [0.25, 0.3) is 0 Å². The number of nitrogens with one attached hydrogen (secondary N) is 1. The fourth-order valence-corrected chi connectivity index (χ4v) is 2.23. The van der Waals surface area contributed by atoms with Gasteiger partial charge in [0, 0.05) is 16.8 Å². The summed E-state index contributed by atoms with van der Waals surface area (Å²) in [5.74, 6) is 0.941. The van der Waals surface area contributed by atoms with Gasteiger partial charge >= 0.3 is 0 Å². The number of aromatic nitrogens is 2. The molecule has 94 valence electrons. The minimum Gasteiger partial charge on any atom is -0.341 e. The first-order chi connectivity index (χ1) is 9.38. The van der Waals surface area contributed by atoms with E-state index < -0.39 is 0 Å². The van der Waals surface area contributed by atoms with E-state index in [1.165, 1.54) is 5.69 Å². The van der Waals surface area contributed by atoms with Crippen LogP contribution in [-0.2, 0) is 6.42 Å². The molecule has 0 aliphatic heterocycles.